The molecule has 1 N–H and O–H groups in total. The molecule has 0 fully saturated rings. The largest absolute Gasteiger partial charge is 0.378 e. The highest BCUT2D eigenvalue weighted by atomic mass is 16.3. The molecule has 90 valence electrons. The zero-order valence-electron chi connectivity index (χ0n) is 10.9. The average molecular weight is 220 g/mol. The fourth-order valence-corrected chi connectivity index (χ4v) is 2.01. The molecule has 0 heterocycles. The molecule has 0 unspecified atom stereocenters. The second-order valence-corrected chi connectivity index (χ2v) is 5.20. The van der Waals surface area contributed by atoms with Crippen molar-refractivity contribution < 1.29 is 5.11 Å². The van der Waals surface area contributed by atoms with Gasteiger partial charge >= 0.3 is 0 Å². The fourth-order valence-electron chi connectivity index (χ4n) is 2.01. The lowest BCUT2D eigenvalue weighted by Crippen LogP contribution is -2.14. The first-order valence-corrected chi connectivity index (χ1v) is 6.49. The number of allylic oxidation sites excluding steroid dienone is 2. The fraction of sp³-hybridized carbons (Fsp3) is 0.733. The van der Waals surface area contributed by atoms with Crippen LogP contribution in [0.1, 0.15) is 65.7 Å². The molecule has 0 aromatic heterocycles. The maximum atomic E-state index is 9.61. The summed E-state index contributed by atoms with van der Waals surface area (Å²) in [6, 6.07) is 0. The Morgan fingerprint density at radius 1 is 1.25 bits per heavy atom. The first kappa shape index (κ1) is 13.3. The number of hydrogen-bond donors (Lipinski definition) is 1. The van der Waals surface area contributed by atoms with E-state index >= 15 is 0 Å². The lowest BCUT2D eigenvalue weighted by molar-refractivity contribution is 0.143. The van der Waals surface area contributed by atoms with Crippen molar-refractivity contribution in [3.63, 3.8) is 0 Å². The Morgan fingerprint density at radius 3 is 2.56 bits per heavy atom. The Bertz CT molecular complexity index is 307. The third-order valence-electron chi connectivity index (χ3n) is 2.93. The Balaban J connectivity index is 2.76. The van der Waals surface area contributed by atoms with Crippen LogP contribution in [0.3, 0.4) is 0 Å². The van der Waals surface area contributed by atoms with Gasteiger partial charge in [-0.15, -0.1) is 0 Å². The minimum absolute atomic E-state index is 0.861. The van der Waals surface area contributed by atoms with E-state index in [0.29, 0.717) is 0 Å². The van der Waals surface area contributed by atoms with E-state index < -0.39 is 5.60 Å². The summed E-state index contributed by atoms with van der Waals surface area (Å²) in [4.78, 5) is 0. The van der Waals surface area contributed by atoms with E-state index in [0.717, 1.165) is 6.42 Å². The highest BCUT2D eigenvalue weighted by Gasteiger charge is 2.12. The van der Waals surface area contributed by atoms with Crippen molar-refractivity contribution in [1.82, 2.24) is 0 Å². The smallest absolute Gasteiger partial charge is 0.120 e. The van der Waals surface area contributed by atoms with E-state index in [-0.39, 0.29) is 0 Å². The van der Waals surface area contributed by atoms with Crippen molar-refractivity contribution in [2.45, 2.75) is 71.3 Å². The van der Waals surface area contributed by atoms with Crippen molar-refractivity contribution in [3.05, 3.63) is 11.1 Å². The predicted octanol–water partition coefficient (Wildman–Crippen LogP) is 3.82. The van der Waals surface area contributed by atoms with Gasteiger partial charge in [0.1, 0.15) is 5.60 Å². The van der Waals surface area contributed by atoms with E-state index in [9.17, 15) is 5.11 Å². The highest BCUT2D eigenvalue weighted by molar-refractivity contribution is 5.36. The third-order valence-corrected chi connectivity index (χ3v) is 2.93. The summed E-state index contributed by atoms with van der Waals surface area (Å²) in [6.45, 7) is 5.72. The van der Waals surface area contributed by atoms with E-state index in [2.05, 4.69) is 18.8 Å². The minimum Gasteiger partial charge on any atom is -0.378 e. The summed E-state index contributed by atoms with van der Waals surface area (Å²) in [5, 5.41) is 9.61. The molecule has 0 spiro atoms. The maximum Gasteiger partial charge on any atom is 0.120 e. The van der Waals surface area contributed by atoms with Crippen LogP contribution in [0.4, 0.5) is 0 Å². The molecular formula is C15H24O. The Morgan fingerprint density at radius 2 is 1.94 bits per heavy atom. The summed E-state index contributed by atoms with van der Waals surface area (Å²) in [5.41, 5.74) is 1.99. The van der Waals surface area contributed by atoms with Crippen molar-refractivity contribution in [2.24, 2.45) is 0 Å². The van der Waals surface area contributed by atoms with Gasteiger partial charge in [0.05, 0.1) is 0 Å². The molecule has 1 heteroatoms. The van der Waals surface area contributed by atoms with Crippen molar-refractivity contribution in [3.8, 4) is 11.8 Å². The van der Waals surface area contributed by atoms with Crippen LogP contribution in [0.25, 0.3) is 0 Å². The van der Waals surface area contributed by atoms with Crippen LogP contribution in [0.15, 0.2) is 11.1 Å². The second-order valence-electron chi connectivity index (χ2n) is 5.20. The summed E-state index contributed by atoms with van der Waals surface area (Å²) in [6.07, 6.45) is 8.61. The van der Waals surface area contributed by atoms with Gasteiger partial charge in [0.2, 0.25) is 0 Å². The molecule has 0 radical (unpaired) electrons. The molecular weight excluding hydrogens is 196 g/mol. The van der Waals surface area contributed by atoms with Crippen LogP contribution in [-0.4, -0.2) is 10.7 Å². The minimum atomic E-state index is -0.861. The van der Waals surface area contributed by atoms with Crippen LogP contribution in [0.5, 0.6) is 0 Å². The zero-order valence-corrected chi connectivity index (χ0v) is 10.9. The van der Waals surface area contributed by atoms with Gasteiger partial charge in [-0.1, -0.05) is 30.8 Å². The van der Waals surface area contributed by atoms with Gasteiger partial charge < -0.3 is 5.11 Å². The molecule has 0 saturated carbocycles. The van der Waals surface area contributed by atoms with Gasteiger partial charge in [0.15, 0.2) is 0 Å². The topological polar surface area (TPSA) is 20.2 Å². The molecule has 1 nitrogen and oxygen atoms in total. The first-order chi connectivity index (χ1) is 7.53. The predicted molar refractivity (Wildman–Crippen MR) is 69.1 cm³/mol. The van der Waals surface area contributed by atoms with Crippen LogP contribution in [0, 0.1) is 11.8 Å². The Labute approximate surface area is 99.9 Å². The number of unbranched alkanes of at least 4 members (excludes halogenated alkanes) is 1. The number of hydrogen-bond acceptors (Lipinski definition) is 1. The quantitative estimate of drug-likeness (QED) is 0.717. The Hall–Kier alpha value is -0.740. The maximum absolute atomic E-state index is 9.61. The lowest BCUT2D eigenvalue weighted by atomic mass is 9.88. The molecule has 16 heavy (non-hydrogen) atoms. The van der Waals surface area contributed by atoms with Crippen LogP contribution in [-0.2, 0) is 0 Å². The summed E-state index contributed by atoms with van der Waals surface area (Å²) in [7, 11) is 0. The zero-order chi connectivity index (χ0) is 12.0. The van der Waals surface area contributed by atoms with E-state index in [1.807, 2.05) is 0 Å². The van der Waals surface area contributed by atoms with Crippen LogP contribution < -0.4 is 0 Å². The monoisotopic (exact) mass is 220 g/mol. The SMILES string of the molecule is CCCCC1=C(C#CC(C)(C)O)CCCC1. The molecule has 1 aliphatic carbocycles. The molecule has 0 aliphatic heterocycles. The van der Waals surface area contributed by atoms with Gasteiger partial charge in [0, 0.05) is 5.57 Å². The molecule has 0 bridgehead atoms. The molecule has 0 atom stereocenters. The van der Waals surface area contributed by atoms with Gasteiger partial charge in [-0.2, -0.15) is 0 Å². The van der Waals surface area contributed by atoms with Crippen LogP contribution >= 0.6 is 0 Å². The van der Waals surface area contributed by atoms with Crippen molar-refractivity contribution >= 4 is 0 Å². The van der Waals surface area contributed by atoms with Gasteiger partial charge in [-0.3, -0.25) is 0 Å². The molecule has 1 rings (SSSR count). The first-order valence-electron chi connectivity index (χ1n) is 6.49. The lowest BCUT2D eigenvalue weighted by Gasteiger charge is -2.17. The van der Waals surface area contributed by atoms with Gasteiger partial charge in [0.25, 0.3) is 0 Å². The Kier molecular flexibility index (Phi) is 5.09. The number of rotatable bonds is 3. The number of aliphatic hydroxyl groups is 1. The van der Waals surface area contributed by atoms with Crippen LogP contribution in [0.2, 0.25) is 0 Å². The van der Waals surface area contributed by atoms with Crippen molar-refractivity contribution in [2.75, 3.05) is 0 Å². The van der Waals surface area contributed by atoms with E-state index in [1.165, 1.54) is 44.1 Å². The second kappa shape index (κ2) is 6.11. The molecule has 0 amide bonds. The molecule has 1 aliphatic rings. The summed E-state index contributed by atoms with van der Waals surface area (Å²) in [5.74, 6) is 6.15. The molecule has 0 aromatic carbocycles. The summed E-state index contributed by atoms with van der Waals surface area (Å²) >= 11 is 0. The summed E-state index contributed by atoms with van der Waals surface area (Å²) < 4.78 is 0. The van der Waals surface area contributed by atoms with Gasteiger partial charge in [-0.25, -0.2) is 0 Å². The molecule has 0 saturated heterocycles. The third kappa shape index (κ3) is 4.86. The van der Waals surface area contributed by atoms with E-state index in [4.69, 9.17) is 0 Å². The van der Waals surface area contributed by atoms with Crippen molar-refractivity contribution in [1.29, 1.82) is 0 Å². The highest BCUT2D eigenvalue weighted by Crippen LogP contribution is 2.27. The standard InChI is InChI=1S/C15H24O/c1-4-5-8-13-9-6-7-10-14(13)11-12-15(2,3)16/h16H,4-10H2,1-3H3. The molecule has 0 aromatic rings. The van der Waals surface area contributed by atoms with E-state index in [1.54, 1.807) is 19.4 Å². The average Bonchev–Trinajstić information content (AvgIpc) is 2.23. The normalized spacial score (nSPS) is 17.0. The van der Waals surface area contributed by atoms with Gasteiger partial charge in [-0.05, 0) is 52.4 Å².